The summed E-state index contributed by atoms with van der Waals surface area (Å²) in [5.74, 6) is -1.12. The molecule has 0 bridgehead atoms. The lowest BCUT2D eigenvalue weighted by Gasteiger charge is -2.29. The first-order valence-corrected chi connectivity index (χ1v) is 7.21. The predicted molar refractivity (Wildman–Crippen MR) is 73.0 cm³/mol. The molecule has 1 unspecified atom stereocenters. The van der Waals surface area contributed by atoms with Crippen molar-refractivity contribution in [3.63, 3.8) is 0 Å². The van der Waals surface area contributed by atoms with Gasteiger partial charge in [-0.3, -0.25) is 0 Å². The van der Waals surface area contributed by atoms with E-state index in [-0.39, 0.29) is 0 Å². The number of thiophene rings is 1. The SMILES string of the molecule is CC(C)OC(=O)C1=C(C(F)(F)F)NC(=O)NC1c1cccs1. The highest BCUT2D eigenvalue weighted by atomic mass is 32.1. The van der Waals surface area contributed by atoms with Crippen LogP contribution in [0, 0.1) is 0 Å². The summed E-state index contributed by atoms with van der Waals surface area (Å²) in [5.41, 5.74) is -2.04. The Bertz CT molecular complexity index is 609. The fraction of sp³-hybridized carbons (Fsp3) is 0.385. The molecule has 2 N–H and O–H groups in total. The highest BCUT2D eigenvalue weighted by Gasteiger charge is 2.46. The van der Waals surface area contributed by atoms with Gasteiger partial charge in [-0.05, 0) is 25.3 Å². The number of amides is 2. The van der Waals surface area contributed by atoms with Gasteiger partial charge in [-0.15, -0.1) is 11.3 Å². The van der Waals surface area contributed by atoms with Crippen LogP contribution in [-0.2, 0) is 9.53 Å². The molecule has 2 amide bonds. The van der Waals surface area contributed by atoms with Crippen LogP contribution in [0.1, 0.15) is 24.8 Å². The van der Waals surface area contributed by atoms with E-state index < -0.39 is 41.6 Å². The molecular weight excluding hydrogens is 321 g/mol. The van der Waals surface area contributed by atoms with E-state index in [0.717, 1.165) is 11.3 Å². The summed E-state index contributed by atoms with van der Waals surface area (Å²) in [5, 5.41) is 5.63. The van der Waals surface area contributed by atoms with E-state index >= 15 is 0 Å². The number of allylic oxidation sites excluding steroid dienone is 1. The maximum atomic E-state index is 13.2. The molecule has 9 heteroatoms. The Kier molecular flexibility index (Phi) is 4.45. The summed E-state index contributed by atoms with van der Waals surface area (Å²) in [6, 6.07) is 0.938. The Morgan fingerprint density at radius 3 is 2.59 bits per heavy atom. The summed E-state index contributed by atoms with van der Waals surface area (Å²) in [6.45, 7) is 3.06. The van der Waals surface area contributed by atoms with Crippen LogP contribution in [0.2, 0.25) is 0 Å². The molecular formula is C13H13F3N2O3S. The minimum Gasteiger partial charge on any atom is -0.459 e. The fourth-order valence-corrected chi connectivity index (χ4v) is 2.74. The lowest BCUT2D eigenvalue weighted by Crippen LogP contribution is -2.49. The van der Waals surface area contributed by atoms with Gasteiger partial charge in [0.05, 0.1) is 17.7 Å². The first-order chi connectivity index (χ1) is 10.2. The minimum absolute atomic E-state index is 0.410. The van der Waals surface area contributed by atoms with Crippen molar-refractivity contribution >= 4 is 23.3 Å². The van der Waals surface area contributed by atoms with Crippen molar-refractivity contribution in [3.05, 3.63) is 33.7 Å². The van der Waals surface area contributed by atoms with Crippen LogP contribution in [0.5, 0.6) is 0 Å². The molecule has 0 saturated carbocycles. The summed E-state index contributed by atoms with van der Waals surface area (Å²) in [4.78, 5) is 24.0. The van der Waals surface area contributed by atoms with Crippen LogP contribution in [0.25, 0.3) is 0 Å². The number of nitrogens with one attached hydrogen (secondary N) is 2. The predicted octanol–water partition coefficient (Wildman–Crippen LogP) is 2.87. The standard InChI is InChI=1S/C13H13F3N2O3S/c1-6(2)21-11(19)8-9(7-4-3-5-22-7)17-12(20)18-10(8)13(14,15)16/h3-6,9H,1-2H3,(H2,17,18,20). The van der Waals surface area contributed by atoms with E-state index in [0.29, 0.717) is 4.88 Å². The summed E-state index contributed by atoms with van der Waals surface area (Å²) < 4.78 is 44.4. The quantitative estimate of drug-likeness (QED) is 0.835. The Labute approximate surface area is 128 Å². The molecule has 2 heterocycles. The second-order valence-corrected chi connectivity index (χ2v) is 5.77. The van der Waals surface area contributed by atoms with E-state index in [1.807, 2.05) is 0 Å². The molecule has 0 fully saturated rings. The number of rotatable bonds is 3. The third-order valence-electron chi connectivity index (χ3n) is 2.75. The highest BCUT2D eigenvalue weighted by molar-refractivity contribution is 7.10. The van der Waals surface area contributed by atoms with Crippen molar-refractivity contribution in [2.24, 2.45) is 0 Å². The molecule has 0 spiro atoms. The van der Waals surface area contributed by atoms with E-state index in [1.54, 1.807) is 16.8 Å². The zero-order chi connectivity index (χ0) is 16.5. The summed E-state index contributed by atoms with van der Waals surface area (Å²) in [6.07, 6.45) is -5.46. The van der Waals surface area contributed by atoms with Gasteiger partial charge in [-0.25, -0.2) is 9.59 Å². The molecule has 5 nitrogen and oxygen atoms in total. The monoisotopic (exact) mass is 334 g/mol. The molecule has 1 aliphatic rings. The van der Waals surface area contributed by atoms with Crippen molar-refractivity contribution in [2.75, 3.05) is 0 Å². The Hall–Kier alpha value is -2.03. The van der Waals surface area contributed by atoms with Gasteiger partial charge in [0.2, 0.25) is 0 Å². The van der Waals surface area contributed by atoms with Gasteiger partial charge in [0, 0.05) is 4.88 Å². The molecule has 22 heavy (non-hydrogen) atoms. The lowest BCUT2D eigenvalue weighted by atomic mass is 10.0. The minimum atomic E-state index is -4.88. The second-order valence-electron chi connectivity index (χ2n) is 4.79. The summed E-state index contributed by atoms with van der Waals surface area (Å²) >= 11 is 1.13. The summed E-state index contributed by atoms with van der Waals surface area (Å²) in [7, 11) is 0. The maximum Gasteiger partial charge on any atom is 0.432 e. The topological polar surface area (TPSA) is 67.4 Å². The number of halogens is 3. The third kappa shape index (κ3) is 3.41. The van der Waals surface area contributed by atoms with E-state index in [2.05, 4.69) is 5.32 Å². The van der Waals surface area contributed by atoms with Crippen molar-refractivity contribution in [1.29, 1.82) is 0 Å². The number of ether oxygens (including phenoxy) is 1. The Balaban J connectivity index is 2.55. The average molecular weight is 334 g/mol. The first-order valence-electron chi connectivity index (χ1n) is 6.33. The zero-order valence-corrected chi connectivity index (χ0v) is 12.5. The number of alkyl halides is 3. The number of hydrogen-bond acceptors (Lipinski definition) is 4. The largest absolute Gasteiger partial charge is 0.459 e. The van der Waals surface area contributed by atoms with Crippen molar-refractivity contribution in [3.8, 4) is 0 Å². The number of carbonyl (C=O) groups excluding carboxylic acids is 2. The average Bonchev–Trinajstić information content (AvgIpc) is 2.89. The molecule has 0 aliphatic carbocycles. The molecule has 1 aliphatic heterocycles. The second kappa shape index (κ2) is 5.99. The normalized spacial score (nSPS) is 19.0. The molecule has 0 radical (unpaired) electrons. The Morgan fingerprint density at radius 2 is 2.09 bits per heavy atom. The molecule has 0 aromatic carbocycles. The number of carbonyl (C=O) groups is 2. The molecule has 1 aromatic rings. The van der Waals surface area contributed by atoms with Crippen molar-refractivity contribution in [2.45, 2.75) is 32.2 Å². The van der Waals surface area contributed by atoms with Crippen molar-refractivity contribution < 1.29 is 27.5 Å². The maximum absolute atomic E-state index is 13.2. The zero-order valence-electron chi connectivity index (χ0n) is 11.7. The van der Waals surface area contributed by atoms with Gasteiger partial charge in [-0.2, -0.15) is 13.2 Å². The van der Waals surface area contributed by atoms with Crippen LogP contribution in [0.3, 0.4) is 0 Å². The van der Waals surface area contributed by atoms with Crippen LogP contribution >= 0.6 is 11.3 Å². The lowest BCUT2D eigenvalue weighted by molar-refractivity contribution is -0.144. The van der Waals surface area contributed by atoms with Gasteiger partial charge in [0.1, 0.15) is 5.70 Å². The van der Waals surface area contributed by atoms with E-state index in [4.69, 9.17) is 4.74 Å². The first kappa shape index (κ1) is 16.3. The van der Waals surface area contributed by atoms with Crippen LogP contribution in [0.15, 0.2) is 28.8 Å². The van der Waals surface area contributed by atoms with Crippen LogP contribution in [-0.4, -0.2) is 24.3 Å². The molecule has 120 valence electrons. The molecule has 0 saturated heterocycles. The van der Waals surface area contributed by atoms with Crippen molar-refractivity contribution in [1.82, 2.24) is 10.6 Å². The van der Waals surface area contributed by atoms with Gasteiger partial charge in [0.25, 0.3) is 0 Å². The van der Waals surface area contributed by atoms with E-state index in [9.17, 15) is 22.8 Å². The molecule has 2 rings (SSSR count). The number of hydrogen-bond donors (Lipinski definition) is 2. The number of esters is 1. The van der Waals surface area contributed by atoms with Crippen LogP contribution in [0.4, 0.5) is 18.0 Å². The fourth-order valence-electron chi connectivity index (χ4n) is 1.95. The van der Waals surface area contributed by atoms with Gasteiger partial charge in [-0.1, -0.05) is 6.07 Å². The van der Waals surface area contributed by atoms with Crippen LogP contribution < -0.4 is 10.6 Å². The number of urea groups is 1. The van der Waals surface area contributed by atoms with Gasteiger partial charge < -0.3 is 15.4 Å². The van der Waals surface area contributed by atoms with Gasteiger partial charge in [0.15, 0.2) is 0 Å². The molecule has 1 atom stereocenters. The van der Waals surface area contributed by atoms with E-state index in [1.165, 1.54) is 19.9 Å². The third-order valence-corrected chi connectivity index (χ3v) is 3.68. The van der Waals surface area contributed by atoms with Gasteiger partial charge >= 0.3 is 18.2 Å². The highest BCUT2D eigenvalue weighted by Crippen LogP contribution is 2.36. The smallest absolute Gasteiger partial charge is 0.432 e. The molecule has 1 aromatic heterocycles. The Morgan fingerprint density at radius 1 is 1.41 bits per heavy atom.